The molecule has 2 rings (SSSR count). The van der Waals surface area contributed by atoms with Crippen molar-refractivity contribution in [1.29, 1.82) is 0 Å². The van der Waals surface area contributed by atoms with Crippen molar-refractivity contribution in [1.82, 2.24) is 4.72 Å². The van der Waals surface area contributed by atoms with Gasteiger partial charge >= 0.3 is 6.09 Å². The Balaban J connectivity index is 1.97. The largest absolute Gasteiger partial charge is 0.493 e. The van der Waals surface area contributed by atoms with Crippen molar-refractivity contribution in [3.8, 4) is 11.5 Å². The minimum Gasteiger partial charge on any atom is -0.493 e. The van der Waals surface area contributed by atoms with E-state index in [1.54, 1.807) is 0 Å². The molecule has 0 atom stereocenters. The van der Waals surface area contributed by atoms with E-state index in [0.29, 0.717) is 12.2 Å². The number of carbonyl (C=O) groups is 1. The number of amides is 1. The monoisotopic (exact) mass is 365 g/mol. The van der Waals surface area contributed by atoms with E-state index in [-0.39, 0.29) is 17.3 Å². The molecule has 0 saturated heterocycles. The van der Waals surface area contributed by atoms with E-state index in [2.05, 4.69) is 0 Å². The Labute approximate surface area is 146 Å². The fourth-order valence-corrected chi connectivity index (χ4v) is 2.99. The second kappa shape index (κ2) is 8.39. The zero-order valence-electron chi connectivity index (χ0n) is 13.9. The third-order valence-corrected chi connectivity index (χ3v) is 4.66. The average Bonchev–Trinajstić information content (AvgIpc) is 2.61. The average molecular weight is 365 g/mol. The maximum Gasteiger partial charge on any atom is 0.421 e. The molecule has 0 spiro atoms. The number of ether oxygens (including phenoxy) is 3. The number of hydrogen-bond donors (Lipinski definition) is 1. The van der Waals surface area contributed by atoms with E-state index in [4.69, 9.17) is 14.2 Å². The lowest BCUT2D eigenvalue weighted by molar-refractivity contribution is 0.154. The molecule has 0 heterocycles. The highest BCUT2D eigenvalue weighted by molar-refractivity contribution is 7.90. The highest BCUT2D eigenvalue weighted by Crippen LogP contribution is 2.29. The molecule has 1 amide bonds. The van der Waals surface area contributed by atoms with Gasteiger partial charge in [-0.2, -0.15) is 0 Å². The van der Waals surface area contributed by atoms with Gasteiger partial charge in [0, 0.05) is 12.5 Å². The van der Waals surface area contributed by atoms with Crippen molar-refractivity contribution in [2.45, 2.75) is 11.3 Å². The number of hydrogen-bond acceptors (Lipinski definition) is 6. The Bertz CT molecular complexity index is 820. The summed E-state index contributed by atoms with van der Waals surface area (Å²) in [7, 11) is -1.24. The summed E-state index contributed by atoms with van der Waals surface area (Å²) in [5.74, 6) is 0.620. The lowest BCUT2D eigenvalue weighted by Gasteiger charge is -2.11. The highest BCUT2D eigenvalue weighted by atomic mass is 32.2. The van der Waals surface area contributed by atoms with Gasteiger partial charge in [0.05, 0.1) is 25.7 Å². The van der Waals surface area contributed by atoms with Gasteiger partial charge in [-0.25, -0.2) is 17.9 Å². The van der Waals surface area contributed by atoms with Crippen LogP contribution in [0, 0.1) is 0 Å². The number of methoxy groups -OCH3 is 2. The Morgan fingerprint density at radius 3 is 2.32 bits per heavy atom. The molecular formula is C17H19NO6S. The SMILES string of the molecule is COc1ccc(S(=O)(=O)NC(=O)OCCc2ccccc2)cc1OC. The van der Waals surface area contributed by atoms with Crippen LogP contribution in [0.4, 0.5) is 4.79 Å². The maximum atomic E-state index is 12.2. The molecule has 8 heteroatoms. The molecular weight excluding hydrogens is 346 g/mol. The molecule has 0 aliphatic carbocycles. The van der Waals surface area contributed by atoms with Crippen molar-refractivity contribution < 1.29 is 27.4 Å². The number of rotatable bonds is 7. The van der Waals surface area contributed by atoms with Gasteiger partial charge in [0.25, 0.3) is 10.0 Å². The first kappa shape index (κ1) is 18.6. The topological polar surface area (TPSA) is 90.9 Å². The predicted molar refractivity (Wildman–Crippen MR) is 91.4 cm³/mol. The summed E-state index contributed by atoms with van der Waals surface area (Å²) < 4.78 is 41.4. The van der Waals surface area contributed by atoms with Gasteiger partial charge in [-0.3, -0.25) is 0 Å². The molecule has 1 N–H and O–H groups in total. The highest BCUT2D eigenvalue weighted by Gasteiger charge is 2.20. The van der Waals surface area contributed by atoms with Crippen LogP contribution in [0.25, 0.3) is 0 Å². The minimum atomic E-state index is -4.07. The van der Waals surface area contributed by atoms with Crippen LogP contribution in [0.2, 0.25) is 0 Å². The normalized spacial score (nSPS) is 10.8. The van der Waals surface area contributed by atoms with Gasteiger partial charge in [0.15, 0.2) is 11.5 Å². The van der Waals surface area contributed by atoms with Gasteiger partial charge < -0.3 is 14.2 Å². The van der Waals surface area contributed by atoms with Crippen molar-refractivity contribution in [3.05, 3.63) is 54.1 Å². The van der Waals surface area contributed by atoms with E-state index >= 15 is 0 Å². The van der Waals surface area contributed by atoms with E-state index in [9.17, 15) is 13.2 Å². The van der Waals surface area contributed by atoms with Crippen LogP contribution in [0.3, 0.4) is 0 Å². The smallest absolute Gasteiger partial charge is 0.421 e. The standard InChI is InChI=1S/C17H19NO6S/c1-22-15-9-8-14(12-16(15)23-2)25(20,21)18-17(19)24-11-10-13-6-4-3-5-7-13/h3-9,12H,10-11H2,1-2H3,(H,18,19). The van der Waals surface area contributed by atoms with Gasteiger partial charge in [-0.1, -0.05) is 30.3 Å². The van der Waals surface area contributed by atoms with Gasteiger partial charge in [0.1, 0.15) is 0 Å². The summed E-state index contributed by atoms with van der Waals surface area (Å²) in [6.45, 7) is 0.0668. The van der Waals surface area contributed by atoms with Gasteiger partial charge in [-0.15, -0.1) is 0 Å². The van der Waals surface area contributed by atoms with Crippen molar-refractivity contribution >= 4 is 16.1 Å². The van der Waals surface area contributed by atoms with Crippen LogP contribution >= 0.6 is 0 Å². The van der Waals surface area contributed by atoms with Crippen molar-refractivity contribution in [3.63, 3.8) is 0 Å². The van der Waals surface area contributed by atoms with Gasteiger partial charge in [-0.05, 0) is 17.7 Å². The zero-order valence-corrected chi connectivity index (χ0v) is 14.7. The zero-order chi connectivity index (χ0) is 18.3. The summed E-state index contributed by atoms with van der Waals surface area (Å²) >= 11 is 0. The lowest BCUT2D eigenvalue weighted by Crippen LogP contribution is -2.31. The van der Waals surface area contributed by atoms with Crippen molar-refractivity contribution in [2.75, 3.05) is 20.8 Å². The summed E-state index contributed by atoms with van der Waals surface area (Å²) in [6, 6.07) is 13.4. The second-order valence-electron chi connectivity index (χ2n) is 4.99. The van der Waals surface area contributed by atoms with Crippen LogP contribution < -0.4 is 14.2 Å². The van der Waals surface area contributed by atoms with E-state index in [1.807, 2.05) is 35.1 Å². The van der Waals surface area contributed by atoms with Crippen LogP contribution in [-0.4, -0.2) is 35.3 Å². The quantitative estimate of drug-likeness (QED) is 0.810. The molecule has 0 bridgehead atoms. The summed E-state index contributed by atoms with van der Waals surface area (Å²) in [5.41, 5.74) is 0.984. The van der Waals surface area contributed by atoms with E-state index < -0.39 is 16.1 Å². The number of carbonyl (C=O) groups excluding carboxylic acids is 1. The van der Waals surface area contributed by atoms with Crippen LogP contribution in [-0.2, 0) is 21.2 Å². The first-order valence-electron chi connectivity index (χ1n) is 7.42. The molecule has 2 aromatic rings. The molecule has 0 fully saturated rings. The van der Waals surface area contributed by atoms with E-state index in [1.165, 1.54) is 32.4 Å². The Morgan fingerprint density at radius 2 is 1.68 bits per heavy atom. The molecule has 2 aromatic carbocycles. The molecule has 0 aromatic heterocycles. The van der Waals surface area contributed by atoms with E-state index in [0.717, 1.165) is 5.56 Å². The summed E-state index contributed by atoms with van der Waals surface area (Å²) in [4.78, 5) is 11.6. The summed E-state index contributed by atoms with van der Waals surface area (Å²) in [6.07, 6.45) is -0.546. The molecule has 0 aliphatic rings. The summed E-state index contributed by atoms with van der Waals surface area (Å²) in [5, 5.41) is 0. The third-order valence-electron chi connectivity index (χ3n) is 3.35. The molecule has 134 valence electrons. The Hall–Kier alpha value is -2.74. The van der Waals surface area contributed by atoms with Crippen LogP contribution in [0.15, 0.2) is 53.4 Å². The molecule has 0 aliphatic heterocycles. The first-order valence-corrected chi connectivity index (χ1v) is 8.90. The van der Waals surface area contributed by atoms with Gasteiger partial charge in [0.2, 0.25) is 0 Å². The number of benzene rings is 2. The molecule has 0 radical (unpaired) electrons. The fourth-order valence-electron chi connectivity index (χ4n) is 2.09. The molecule has 0 unspecified atom stereocenters. The molecule has 0 saturated carbocycles. The van der Waals surface area contributed by atoms with Crippen molar-refractivity contribution in [2.24, 2.45) is 0 Å². The predicted octanol–water partition coefficient (Wildman–Crippen LogP) is 2.36. The lowest BCUT2D eigenvalue weighted by atomic mass is 10.2. The molecule has 7 nitrogen and oxygen atoms in total. The minimum absolute atomic E-state index is 0.0668. The van der Waals surface area contributed by atoms with Crippen LogP contribution in [0.5, 0.6) is 11.5 Å². The molecule has 25 heavy (non-hydrogen) atoms. The third kappa shape index (κ3) is 5.12. The second-order valence-corrected chi connectivity index (χ2v) is 6.68. The number of nitrogens with one attached hydrogen (secondary N) is 1. The van der Waals surface area contributed by atoms with Crippen LogP contribution in [0.1, 0.15) is 5.56 Å². The Morgan fingerprint density at radius 1 is 1.00 bits per heavy atom. The maximum absolute atomic E-state index is 12.2. The number of sulfonamides is 1. The Kier molecular flexibility index (Phi) is 6.24. The first-order chi connectivity index (χ1) is 12.0. The fraction of sp³-hybridized carbons (Fsp3) is 0.235.